The molecule has 0 unspecified atom stereocenters. The van der Waals surface area contributed by atoms with Gasteiger partial charge in [-0.05, 0) is 37.6 Å². The minimum Gasteiger partial charge on any atom is -0.462 e. The van der Waals surface area contributed by atoms with Crippen molar-refractivity contribution in [2.75, 3.05) is 39.5 Å². The zero-order valence-corrected chi connectivity index (χ0v) is 18.5. The maximum atomic E-state index is 5.84. The van der Waals surface area contributed by atoms with Gasteiger partial charge in [-0.2, -0.15) is 20.1 Å². The molecular weight excluding hydrogens is 414 g/mol. The van der Waals surface area contributed by atoms with Gasteiger partial charge in [0.05, 0.1) is 19.8 Å². The molecule has 0 spiro atoms. The smallest absolute Gasteiger partial charge is 0.321 e. The van der Waals surface area contributed by atoms with Crippen LogP contribution in [0.1, 0.15) is 15.3 Å². The van der Waals surface area contributed by atoms with Crippen LogP contribution in [0.5, 0.6) is 6.01 Å². The monoisotopic (exact) mass is 439 g/mol. The second-order valence-electron chi connectivity index (χ2n) is 7.13. The summed E-state index contributed by atoms with van der Waals surface area (Å²) in [6.07, 6.45) is 3.39. The van der Waals surface area contributed by atoms with Crippen molar-refractivity contribution in [1.29, 1.82) is 0 Å². The highest BCUT2D eigenvalue weighted by atomic mass is 32.1. The molecule has 1 aliphatic heterocycles. The van der Waals surface area contributed by atoms with Gasteiger partial charge in [0.1, 0.15) is 6.61 Å². The lowest BCUT2D eigenvalue weighted by molar-refractivity contribution is 0.0317. The number of nitrogens with zero attached hydrogens (tertiary/aromatic N) is 7. The second-order valence-corrected chi connectivity index (χ2v) is 8.47. The van der Waals surface area contributed by atoms with Gasteiger partial charge >= 0.3 is 6.01 Å². The predicted molar refractivity (Wildman–Crippen MR) is 118 cm³/mol. The van der Waals surface area contributed by atoms with E-state index in [0.29, 0.717) is 19.0 Å². The molecule has 0 amide bonds. The van der Waals surface area contributed by atoms with Gasteiger partial charge in [0.2, 0.25) is 0 Å². The Kier molecular flexibility index (Phi) is 7.23. The molecule has 1 saturated heterocycles. The molecule has 0 bridgehead atoms. The van der Waals surface area contributed by atoms with Gasteiger partial charge in [0.25, 0.3) is 5.95 Å². The standard InChI is InChI=1S/C21H25N7O2S/c1-15-13-18(31-16(15)2)14-23-27-20-24-19(17-3-5-22-6-4-17)25-21(26-20)30-12-9-28-7-10-29-11-8-28/h3-6,13H,7-12,14H2,1-2H3. The van der Waals surface area contributed by atoms with Crippen molar-refractivity contribution >= 4 is 17.3 Å². The van der Waals surface area contributed by atoms with Crippen molar-refractivity contribution in [2.24, 2.45) is 10.2 Å². The third-order valence-corrected chi connectivity index (χ3v) is 6.02. The molecule has 0 atom stereocenters. The Labute approximate surface area is 185 Å². The van der Waals surface area contributed by atoms with E-state index in [-0.39, 0.29) is 12.0 Å². The van der Waals surface area contributed by atoms with E-state index < -0.39 is 0 Å². The van der Waals surface area contributed by atoms with E-state index in [1.807, 2.05) is 12.1 Å². The Hall–Kier alpha value is -2.82. The molecule has 162 valence electrons. The fourth-order valence-electron chi connectivity index (χ4n) is 3.07. The van der Waals surface area contributed by atoms with Crippen molar-refractivity contribution in [3.63, 3.8) is 0 Å². The van der Waals surface area contributed by atoms with E-state index in [4.69, 9.17) is 9.47 Å². The van der Waals surface area contributed by atoms with Crippen LogP contribution in [0.3, 0.4) is 0 Å². The van der Waals surface area contributed by atoms with E-state index in [9.17, 15) is 0 Å². The molecule has 1 aliphatic rings. The number of aromatic nitrogens is 4. The van der Waals surface area contributed by atoms with Gasteiger partial charge in [-0.1, -0.05) is 0 Å². The fraction of sp³-hybridized carbons (Fsp3) is 0.429. The summed E-state index contributed by atoms with van der Waals surface area (Å²) in [5.74, 6) is 0.712. The predicted octanol–water partition coefficient (Wildman–Crippen LogP) is 3.61. The maximum absolute atomic E-state index is 5.84. The zero-order valence-electron chi connectivity index (χ0n) is 17.7. The SMILES string of the molecule is Cc1cc(CN=Nc2nc(OCCN3CCOCC3)nc(-c3ccncc3)n2)sc1C. The van der Waals surface area contributed by atoms with Crippen molar-refractivity contribution in [1.82, 2.24) is 24.8 Å². The van der Waals surface area contributed by atoms with Crippen LogP contribution < -0.4 is 4.74 Å². The molecule has 0 aromatic carbocycles. The number of hydrogen-bond donors (Lipinski definition) is 0. The summed E-state index contributed by atoms with van der Waals surface area (Å²) >= 11 is 1.73. The molecule has 3 aromatic rings. The van der Waals surface area contributed by atoms with Crippen molar-refractivity contribution in [2.45, 2.75) is 20.4 Å². The number of morpholine rings is 1. The lowest BCUT2D eigenvalue weighted by Gasteiger charge is -2.26. The van der Waals surface area contributed by atoms with Crippen LogP contribution >= 0.6 is 11.3 Å². The van der Waals surface area contributed by atoms with Crippen LogP contribution in [0.25, 0.3) is 11.4 Å². The molecule has 0 N–H and O–H groups in total. The Morgan fingerprint density at radius 2 is 1.94 bits per heavy atom. The molecule has 9 nitrogen and oxygen atoms in total. The van der Waals surface area contributed by atoms with E-state index in [0.717, 1.165) is 43.3 Å². The summed E-state index contributed by atoms with van der Waals surface area (Å²) in [4.78, 5) is 22.0. The minimum atomic E-state index is 0.230. The van der Waals surface area contributed by atoms with Crippen LogP contribution in [-0.4, -0.2) is 64.3 Å². The number of thiophene rings is 1. The largest absolute Gasteiger partial charge is 0.462 e. The van der Waals surface area contributed by atoms with E-state index in [1.54, 1.807) is 23.7 Å². The first-order valence-electron chi connectivity index (χ1n) is 10.2. The average Bonchev–Trinajstić information content (AvgIpc) is 3.12. The third kappa shape index (κ3) is 6.09. The first-order chi connectivity index (χ1) is 15.2. The average molecular weight is 440 g/mol. The Bertz CT molecular complexity index is 1000. The molecule has 0 saturated carbocycles. The summed E-state index contributed by atoms with van der Waals surface area (Å²) in [6, 6.07) is 6.05. The van der Waals surface area contributed by atoms with E-state index >= 15 is 0 Å². The van der Waals surface area contributed by atoms with Crippen LogP contribution in [0, 0.1) is 13.8 Å². The molecule has 31 heavy (non-hydrogen) atoms. The lowest BCUT2D eigenvalue weighted by atomic mass is 10.2. The fourth-order valence-corrected chi connectivity index (χ4v) is 4.04. The topological polar surface area (TPSA) is 98.0 Å². The van der Waals surface area contributed by atoms with Gasteiger partial charge in [-0.3, -0.25) is 9.88 Å². The molecule has 3 aromatic heterocycles. The van der Waals surface area contributed by atoms with E-state index in [2.05, 4.69) is 55.0 Å². The maximum Gasteiger partial charge on any atom is 0.321 e. The molecule has 0 aliphatic carbocycles. The lowest BCUT2D eigenvalue weighted by Crippen LogP contribution is -2.38. The zero-order chi connectivity index (χ0) is 21.5. The van der Waals surface area contributed by atoms with Gasteiger partial charge in [0, 0.05) is 47.3 Å². The van der Waals surface area contributed by atoms with Gasteiger partial charge < -0.3 is 9.47 Å². The number of rotatable bonds is 8. The summed E-state index contributed by atoms with van der Waals surface area (Å²) in [6.45, 7) is 9.28. The number of hydrogen-bond acceptors (Lipinski definition) is 10. The van der Waals surface area contributed by atoms with Crippen LogP contribution in [0.15, 0.2) is 40.8 Å². The molecule has 4 heterocycles. The summed E-state index contributed by atoms with van der Waals surface area (Å²) in [7, 11) is 0. The molecular formula is C21H25N7O2S. The quantitative estimate of drug-likeness (QED) is 0.495. The molecule has 0 radical (unpaired) electrons. The van der Waals surface area contributed by atoms with Crippen molar-refractivity contribution in [3.05, 3.63) is 45.9 Å². The number of aryl methyl sites for hydroxylation is 2. The number of azo groups is 1. The number of ether oxygens (including phenoxy) is 2. The molecule has 4 rings (SSSR count). The van der Waals surface area contributed by atoms with Crippen molar-refractivity contribution < 1.29 is 9.47 Å². The van der Waals surface area contributed by atoms with Crippen LogP contribution in [0.2, 0.25) is 0 Å². The highest BCUT2D eigenvalue weighted by Crippen LogP contribution is 2.23. The summed E-state index contributed by atoms with van der Waals surface area (Å²) in [5.41, 5.74) is 2.09. The van der Waals surface area contributed by atoms with Gasteiger partial charge in [0.15, 0.2) is 5.82 Å². The Morgan fingerprint density at radius 3 is 2.68 bits per heavy atom. The minimum absolute atomic E-state index is 0.230. The molecule has 1 fully saturated rings. The van der Waals surface area contributed by atoms with Crippen LogP contribution in [-0.2, 0) is 11.3 Å². The number of pyridine rings is 1. The highest BCUT2D eigenvalue weighted by Gasteiger charge is 2.13. The molecule has 10 heteroatoms. The Balaban J connectivity index is 1.47. The summed E-state index contributed by atoms with van der Waals surface area (Å²) in [5, 5.41) is 8.52. The van der Waals surface area contributed by atoms with Gasteiger partial charge in [-0.15, -0.1) is 16.5 Å². The second kappa shape index (κ2) is 10.5. The van der Waals surface area contributed by atoms with Crippen LogP contribution in [0.4, 0.5) is 5.95 Å². The third-order valence-electron chi connectivity index (χ3n) is 4.89. The highest BCUT2D eigenvalue weighted by molar-refractivity contribution is 7.12. The summed E-state index contributed by atoms with van der Waals surface area (Å²) < 4.78 is 11.2. The Morgan fingerprint density at radius 1 is 1.13 bits per heavy atom. The first-order valence-corrected chi connectivity index (χ1v) is 11.0. The van der Waals surface area contributed by atoms with Gasteiger partial charge in [-0.25, -0.2) is 0 Å². The first kappa shape index (κ1) is 21.4. The van der Waals surface area contributed by atoms with E-state index in [1.165, 1.54) is 10.4 Å². The normalized spacial score (nSPS) is 14.9. The van der Waals surface area contributed by atoms with Crippen molar-refractivity contribution in [3.8, 4) is 17.4 Å².